The lowest BCUT2D eigenvalue weighted by Gasteiger charge is -2.37. The van der Waals surface area contributed by atoms with Gasteiger partial charge in [-0.15, -0.1) is 24.0 Å². The summed E-state index contributed by atoms with van der Waals surface area (Å²) in [7, 11) is 1.79. The molecule has 1 amide bonds. The number of fused-ring (bicyclic) bond motifs is 1. The van der Waals surface area contributed by atoms with Gasteiger partial charge in [0.25, 0.3) is 0 Å². The number of carbonyl (C=O) groups is 1. The maximum Gasteiger partial charge on any atom is 0.409 e. The zero-order valence-corrected chi connectivity index (χ0v) is 20.6. The normalized spacial score (nSPS) is 16.6. The van der Waals surface area contributed by atoms with Gasteiger partial charge in [-0.05, 0) is 24.6 Å². The molecule has 0 bridgehead atoms. The molecular formula is C21H33IN4O4. The quantitative estimate of drug-likeness (QED) is 0.365. The summed E-state index contributed by atoms with van der Waals surface area (Å²) in [5.41, 5.74) is 1.05. The van der Waals surface area contributed by atoms with Crippen LogP contribution in [-0.4, -0.2) is 81.4 Å². The number of halogens is 1. The molecule has 0 unspecified atom stereocenters. The highest BCUT2D eigenvalue weighted by Crippen LogP contribution is 2.34. The second kappa shape index (κ2) is 10.9. The summed E-state index contributed by atoms with van der Waals surface area (Å²) in [4.78, 5) is 20.2. The smallest absolute Gasteiger partial charge is 0.409 e. The van der Waals surface area contributed by atoms with Crippen LogP contribution in [0.1, 0.15) is 26.3 Å². The molecule has 9 heteroatoms. The van der Waals surface area contributed by atoms with Crippen molar-refractivity contribution in [1.82, 2.24) is 15.1 Å². The number of piperazine rings is 1. The number of nitrogens with one attached hydrogen (secondary N) is 1. The molecule has 0 aromatic heterocycles. The van der Waals surface area contributed by atoms with Crippen LogP contribution in [0.5, 0.6) is 11.5 Å². The van der Waals surface area contributed by atoms with Gasteiger partial charge >= 0.3 is 6.09 Å². The Morgan fingerprint density at radius 3 is 2.40 bits per heavy atom. The summed E-state index contributed by atoms with van der Waals surface area (Å²) in [5, 5.41) is 3.50. The summed E-state index contributed by atoms with van der Waals surface area (Å²) in [6.07, 6.45) is -0.241. The second-order valence-electron chi connectivity index (χ2n) is 7.82. The first-order valence-electron chi connectivity index (χ1n) is 10.2. The largest absolute Gasteiger partial charge is 0.486 e. The van der Waals surface area contributed by atoms with Crippen LogP contribution in [0.3, 0.4) is 0 Å². The molecule has 0 radical (unpaired) electrons. The number of hydrogen-bond acceptors (Lipinski definition) is 5. The van der Waals surface area contributed by atoms with Gasteiger partial charge in [-0.25, -0.2) is 4.79 Å². The molecule has 8 nitrogen and oxygen atoms in total. The van der Waals surface area contributed by atoms with Gasteiger partial charge in [0.1, 0.15) is 13.2 Å². The lowest BCUT2D eigenvalue weighted by atomic mass is 9.84. The average molecular weight is 532 g/mol. The van der Waals surface area contributed by atoms with Crippen molar-refractivity contribution in [2.75, 3.05) is 59.6 Å². The molecule has 0 aliphatic carbocycles. The van der Waals surface area contributed by atoms with E-state index in [9.17, 15) is 4.79 Å². The van der Waals surface area contributed by atoms with Crippen molar-refractivity contribution >= 4 is 36.0 Å². The molecule has 3 rings (SSSR count). The predicted octanol–water partition coefficient (Wildman–Crippen LogP) is 2.70. The Morgan fingerprint density at radius 2 is 1.77 bits per heavy atom. The van der Waals surface area contributed by atoms with Crippen molar-refractivity contribution in [2.45, 2.75) is 26.2 Å². The number of carbonyl (C=O) groups excluding carboxylic acids is 1. The third-order valence-corrected chi connectivity index (χ3v) is 5.33. The van der Waals surface area contributed by atoms with E-state index in [2.05, 4.69) is 41.2 Å². The molecule has 2 heterocycles. The first kappa shape index (κ1) is 24.4. The maximum atomic E-state index is 11.9. The molecule has 1 fully saturated rings. The SMILES string of the molecule is CCOC(=O)N1CCN(C(=NC)NCC(C)(C)c2ccc3c(c2)OCCO3)CC1.I. The van der Waals surface area contributed by atoms with Gasteiger partial charge < -0.3 is 29.3 Å². The number of rotatable bonds is 4. The number of hydrogen-bond donors (Lipinski definition) is 1. The molecule has 1 saturated heterocycles. The van der Waals surface area contributed by atoms with Crippen molar-refractivity contribution in [3.63, 3.8) is 0 Å². The van der Waals surface area contributed by atoms with Gasteiger partial charge in [-0.3, -0.25) is 4.99 Å². The molecule has 1 aromatic carbocycles. The Hall–Kier alpha value is -1.91. The van der Waals surface area contributed by atoms with E-state index in [-0.39, 0.29) is 35.5 Å². The fourth-order valence-electron chi connectivity index (χ4n) is 3.51. The van der Waals surface area contributed by atoms with Crippen molar-refractivity contribution in [3.8, 4) is 11.5 Å². The molecule has 1 N–H and O–H groups in total. The Morgan fingerprint density at radius 1 is 1.13 bits per heavy atom. The lowest BCUT2D eigenvalue weighted by molar-refractivity contribution is 0.0914. The minimum absolute atomic E-state index is 0. The van der Waals surface area contributed by atoms with Crippen LogP contribution in [0.25, 0.3) is 0 Å². The minimum atomic E-state index is -0.241. The summed E-state index contributed by atoms with van der Waals surface area (Å²) in [5.74, 6) is 2.46. The van der Waals surface area contributed by atoms with Crippen LogP contribution in [0.2, 0.25) is 0 Å². The number of nitrogens with zero attached hydrogens (tertiary/aromatic N) is 3. The Bertz CT molecular complexity index is 749. The van der Waals surface area contributed by atoms with Crippen LogP contribution in [-0.2, 0) is 10.2 Å². The van der Waals surface area contributed by atoms with Crippen molar-refractivity contribution < 1.29 is 19.0 Å². The number of amides is 1. The first-order chi connectivity index (χ1) is 13.9. The third kappa shape index (κ3) is 5.83. The van der Waals surface area contributed by atoms with Gasteiger partial charge in [-0.2, -0.15) is 0 Å². The van der Waals surface area contributed by atoms with Crippen LogP contribution >= 0.6 is 24.0 Å². The summed E-state index contributed by atoms with van der Waals surface area (Å²) < 4.78 is 16.4. The van der Waals surface area contributed by atoms with E-state index < -0.39 is 0 Å². The Balaban J connectivity index is 0.00000320. The highest BCUT2D eigenvalue weighted by molar-refractivity contribution is 14.0. The number of ether oxygens (including phenoxy) is 3. The third-order valence-electron chi connectivity index (χ3n) is 5.33. The molecule has 0 saturated carbocycles. The molecule has 30 heavy (non-hydrogen) atoms. The summed E-state index contributed by atoms with van der Waals surface area (Å²) in [6.45, 7) is 11.2. The number of guanidine groups is 1. The molecule has 0 atom stereocenters. The fourth-order valence-corrected chi connectivity index (χ4v) is 3.51. The molecule has 1 aromatic rings. The lowest BCUT2D eigenvalue weighted by Crippen LogP contribution is -2.55. The standard InChI is InChI=1S/C21H32N4O4.HI/c1-5-27-20(26)25-10-8-24(9-11-25)19(22-4)23-15-21(2,3)16-6-7-17-18(14-16)29-13-12-28-17;/h6-7,14H,5,8-13,15H2,1-4H3,(H,22,23);1H. The van der Waals surface area contributed by atoms with E-state index in [1.54, 1.807) is 11.9 Å². The fraction of sp³-hybridized carbons (Fsp3) is 0.619. The number of aliphatic imine (C=N–C) groups is 1. The zero-order valence-electron chi connectivity index (χ0n) is 18.3. The van der Waals surface area contributed by atoms with E-state index >= 15 is 0 Å². The molecule has 0 spiro atoms. The van der Waals surface area contributed by atoms with E-state index in [1.807, 2.05) is 13.0 Å². The molecule has 168 valence electrons. The van der Waals surface area contributed by atoms with Crippen LogP contribution in [0.4, 0.5) is 4.79 Å². The van der Waals surface area contributed by atoms with Crippen molar-refractivity contribution in [2.24, 2.45) is 4.99 Å². The van der Waals surface area contributed by atoms with E-state index in [4.69, 9.17) is 14.2 Å². The Kier molecular flexibility index (Phi) is 8.87. The van der Waals surface area contributed by atoms with Crippen LogP contribution < -0.4 is 14.8 Å². The zero-order chi connectivity index (χ0) is 20.9. The highest BCUT2D eigenvalue weighted by Gasteiger charge is 2.27. The van der Waals surface area contributed by atoms with Gasteiger partial charge in [-0.1, -0.05) is 19.9 Å². The monoisotopic (exact) mass is 532 g/mol. The average Bonchev–Trinajstić information content (AvgIpc) is 2.74. The van der Waals surface area contributed by atoms with Gasteiger partial charge in [0.15, 0.2) is 17.5 Å². The van der Waals surface area contributed by atoms with E-state index in [0.717, 1.165) is 37.1 Å². The Labute approximate surface area is 196 Å². The summed E-state index contributed by atoms with van der Waals surface area (Å²) >= 11 is 0. The van der Waals surface area contributed by atoms with Gasteiger partial charge in [0, 0.05) is 45.2 Å². The molecule has 2 aliphatic rings. The van der Waals surface area contributed by atoms with Gasteiger partial charge in [0.05, 0.1) is 6.61 Å². The molecular weight excluding hydrogens is 499 g/mol. The topological polar surface area (TPSA) is 75.6 Å². The highest BCUT2D eigenvalue weighted by atomic mass is 127. The van der Waals surface area contributed by atoms with E-state index in [1.165, 1.54) is 5.56 Å². The van der Waals surface area contributed by atoms with Gasteiger partial charge in [0.2, 0.25) is 0 Å². The van der Waals surface area contributed by atoms with Crippen LogP contribution in [0, 0.1) is 0 Å². The van der Waals surface area contributed by atoms with Crippen molar-refractivity contribution in [1.29, 1.82) is 0 Å². The second-order valence-corrected chi connectivity index (χ2v) is 7.82. The number of benzene rings is 1. The molecule has 2 aliphatic heterocycles. The maximum absolute atomic E-state index is 11.9. The minimum Gasteiger partial charge on any atom is -0.486 e. The summed E-state index contributed by atoms with van der Waals surface area (Å²) in [6, 6.07) is 6.14. The first-order valence-corrected chi connectivity index (χ1v) is 10.2. The van der Waals surface area contributed by atoms with E-state index in [0.29, 0.717) is 32.9 Å². The van der Waals surface area contributed by atoms with Crippen LogP contribution in [0.15, 0.2) is 23.2 Å². The predicted molar refractivity (Wildman–Crippen MR) is 127 cm³/mol. The van der Waals surface area contributed by atoms with Crippen molar-refractivity contribution in [3.05, 3.63) is 23.8 Å².